The fourth-order valence-corrected chi connectivity index (χ4v) is 4.35. The van der Waals surface area contributed by atoms with E-state index in [9.17, 15) is 8.42 Å². The van der Waals surface area contributed by atoms with Gasteiger partial charge in [-0.05, 0) is 32.9 Å². The lowest BCUT2D eigenvalue weighted by Gasteiger charge is -2.15. The molecule has 21 heavy (non-hydrogen) atoms. The molecule has 0 aliphatic heterocycles. The first-order valence-corrected chi connectivity index (χ1v) is 9.41. The third kappa shape index (κ3) is 4.31. The van der Waals surface area contributed by atoms with Crippen LogP contribution in [0.5, 0.6) is 0 Å². The van der Waals surface area contributed by atoms with Crippen molar-refractivity contribution in [2.75, 3.05) is 7.05 Å². The Labute approximate surface area is 128 Å². The summed E-state index contributed by atoms with van der Waals surface area (Å²) in [5.41, 5.74) is 1.00. The molecule has 5 nitrogen and oxygen atoms in total. The number of rotatable bonds is 6. The molecule has 0 amide bonds. The largest absolute Gasteiger partial charge is 0.349 e. The standard InChI is InChI=1S/C15H27N3O2S/c1-3-18-12-15(10-14(18)11-16-2)21(19,20)17-13-8-6-4-5-7-9-13/h10,12-13,16-17H,3-9,11H2,1-2H3. The zero-order valence-electron chi connectivity index (χ0n) is 13.1. The summed E-state index contributed by atoms with van der Waals surface area (Å²) >= 11 is 0. The van der Waals surface area contributed by atoms with Crippen LogP contribution in [0.25, 0.3) is 0 Å². The van der Waals surface area contributed by atoms with Gasteiger partial charge in [0, 0.05) is 31.0 Å². The Balaban J connectivity index is 2.14. The topological polar surface area (TPSA) is 63.1 Å². The molecular weight excluding hydrogens is 286 g/mol. The van der Waals surface area contributed by atoms with Crippen LogP contribution < -0.4 is 10.0 Å². The van der Waals surface area contributed by atoms with E-state index in [0.717, 1.165) is 37.9 Å². The number of hydrogen-bond donors (Lipinski definition) is 2. The number of hydrogen-bond acceptors (Lipinski definition) is 3. The van der Waals surface area contributed by atoms with Gasteiger partial charge in [-0.2, -0.15) is 0 Å². The van der Waals surface area contributed by atoms with E-state index < -0.39 is 10.0 Å². The van der Waals surface area contributed by atoms with Gasteiger partial charge in [0.25, 0.3) is 0 Å². The van der Waals surface area contributed by atoms with Crippen molar-refractivity contribution in [2.45, 2.75) is 69.5 Å². The van der Waals surface area contributed by atoms with E-state index in [1.165, 1.54) is 12.8 Å². The van der Waals surface area contributed by atoms with Crippen LogP contribution >= 0.6 is 0 Å². The summed E-state index contributed by atoms with van der Waals surface area (Å²) in [5, 5.41) is 3.08. The second kappa shape index (κ2) is 7.42. The molecule has 2 rings (SSSR count). The van der Waals surface area contributed by atoms with E-state index in [0.29, 0.717) is 11.4 Å². The van der Waals surface area contributed by atoms with E-state index >= 15 is 0 Å². The Hall–Kier alpha value is -0.850. The lowest BCUT2D eigenvalue weighted by molar-refractivity contribution is 0.510. The summed E-state index contributed by atoms with van der Waals surface area (Å²) in [6.45, 7) is 3.47. The van der Waals surface area contributed by atoms with Crippen LogP contribution in [-0.4, -0.2) is 26.1 Å². The van der Waals surface area contributed by atoms with Crippen LogP contribution in [0.15, 0.2) is 17.2 Å². The minimum absolute atomic E-state index is 0.0928. The van der Waals surface area contributed by atoms with Crippen LogP contribution in [0, 0.1) is 0 Å². The average Bonchev–Trinajstić information content (AvgIpc) is 2.70. The normalized spacial score (nSPS) is 17.8. The third-order valence-corrected chi connectivity index (χ3v) is 5.63. The molecular formula is C15H27N3O2S. The van der Waals surface area contributed by atoms with E-state index in [-0.39, 0.29) is 6.04 Å². The van der Waals surface area contributed by atoms with Crippen molar-refractivity contribution in [2.24, 2.45) is 0 Å². The van der Waals surface area contributed by atoms with Crippen LogP contribution in [0.1, 0.15) is 51.1 Å². The molecule has 0 aromatic carbocycles. The van der Waals surface area contributed by atoms with Crippen LogP contribution in [0.3, 0.4) is 0 Å². The number of aromatic nitrogens is 1. The first kappa shape index (κ1) is 16.5. The maximum atomic E-state index is 12.6. The van der Waals surface area contributed by atoms with Crippen molar-refractivity contribution < 1.29 is 8.42 Å². The lowest BCUT2D eigenvalue weighted by Crippen LogP contribution is -2.34. The fourth-order valence-electron chi connectivity index (χ4n) is 2.98. The Morgan fingerprint density at radius 2 is 1.90 bits per heavy atom. The van der Waals surface area contributed by atoms with Crippen molar-refractivity contribution in [1.29, 1.82) is 0 Å². The van der Waals surface area contributed by atoms with Crippen LogP contribution in [0.2, 0.25) is 0 Å². The first-order valence-electron chi connectivity index (χ1n) is 7.93. The predicted octanol–water partition coefficient (Wildman–Crippen LogP) is 2.23. The minimum atomic E-state index is -3.40. The van der Waals surface area contributed by atoms with Crippen molar-refractivity contribution in [3.63, 3.8) is 0 Å². The summed E-state index contributed by atoms with van der Waals surface area (Å²) in [7, 11) is -1.54. The molecule has 2 N–H and O–H groups in total. The molecule has 1 aromatic heterocycles. The molecule has 1 saturated carbocycles. The molecule has 1 aliphatic carbocycles. The molecule has 120 valence electrons. The van der Waals surface area contributed by atoms with Gasteiger partial charge in [-0.3, -0.25) is 0 Å². The second-order valence-corrected chi connectivity index (χ2v) is 7.51. The molecule has 0 unspecified atom stereocenters. The molecule has 0 radical (unpaired) electrons. The highest BCUT2D eigenvalue weighted by Crippen LogP contribution is 2.20. The molecule has 1 aliphatic rings. The molecule has 1 fully saturated rings. The minimum Gasteiger partial charge on any atom is -0.349 e. The zero-order valence-corrected chi connectivity index (χ0v) is 13.9. The van der Waals surface area contributed by atoms with Gasteiger partial charge >= 0.3 is 0 Å². The Kier molecular flexibility index (Phi) is 5.84. The quantitative estimate of drug-likeness (QED) is 0.792. The maximum absolute atomic E-state index is 12.6. The second-order valence-electron chi connectivity index (χ2n) is 5.79. The zero-order chi connectivity index (χ0) is 15.3. The highest BCUT2D eigenvalue weighted by Gasteiger charge is 2.23. The van der Waals surface area contributed by atoms with E-state index in [4.69, 9.17) is 0 Å². The van der Waals surface area contributed by atoms with Gasteiger partial charge in [-0.25, -0.2) is 13.1 Å². The first-order chi connectivity index (χ1) is 10.1. The van der Waals surface area contributed by atoms with E-state index in [1.807, 2.05) is 18.5 Å². The van der Waals surface area contributed by atoms with Gasteiger partial charge in [0.15, 0.2) is 0 Å². The van der Waals surface area contributed by atoms with E-state index in [2.05, 4.69) is 10.0 Å². The highest BCUT2D eigenvalue weighted by molar-refractivity contribution is 7.89. The summed E-state index contributed by atoms with van der Waals surface area (Å²) in [6, 6.07) is 1.87. The van der Waals surface area contributed by atoms with Gasteiger partial charge in [-0.1, -0.05) is 25.7 Å². The molecule has 1 heterocycles. The average molecular weight is 313 g/mol. The molecule has 0 atom stereocenters. The van der Waals surface area contributed by atoms with Gasteiger partial charge in [0.05, 0.1) is 4.90 Å². The predicted molar refractivity (Wildman–Crippen MR) is 84.7 cm³/mol. The number of nitrogens with zero attached hydrogens (tertiary/aromatic N) is 1. The Morgan fingerprint density at radius 3 is 2.48 bits per heavy atom. The van der Waals surface area contributed by atoms with Gasteiger partial charge < -0.3 is 9.88 Å². The third-order valence-electron chi connectivity index (χ3n) is 4.15. The number of nitrogens with one attached hydrogen (secondary N) is 2. The summed E-state index contributed by atoms with van der Waals surface area (Å²) < 4.78 is 30.0. The van der Waals surface area contributed by atoms with Crippen LogP contribution in [0.4, 0.5) is 0 Å². The highest BCUT2D eigenvalue weighted by atomic mass is 32.2. The monoisotopic (exact) mass is 313 g/mol. The molecule has 0 saturated heterocycles. The van der Waals surface area contributed by atoms with Crippen LogP contribution in [-0.2, 0) is 23.1 Å². The van der Waals surface area contributed by atoms with Gasteiger partial charge in [-0.15, -0.1) is 0 Å². The number of aryl methyl sites for hydroxylation is 1. The Morgan fingerprint density at radius 1 is 1.24 bits per heavy atom. The lowest BCUT2D eigenvalue weighted by atomic mass is 10.1. The van der Waals surface area contributed by atoms with Crippen molar-refractivity contribution in [1.82, 2.24) is 14.6 Å². The van der Waals surface area contributed by atoms with Crippen molar-refractivity contribution in [3.05, 3.63) is 18.0 Å². The summed E-state index contributed by atoms with van der Waals surface area (Å²) in [4.78, 5) is 0.388. The molecule has 1 aromatic rings. The number of sulfonamides is 1. The van der Waals surface area contributed by atoms with Gasteiger partial charge in [0.1, 0.15) is 0 Å². The summed E-state index contributed by atoms with van der Waals surface area (Å²) in [6.07, 6.45) is 8.33. The summed E-state index contributed by atoms with van der Waals surface area (Å²) in [5.74, 6) is 0. The maximum Gasteiger partial charge on any atom is 0.242 e. The smallest absolute Gasteiger partial charge is 0.242 e. The fraction of sp³-hybridized carbons (Fsp3) is 0.733. The molecule has 0 spiro atoms. The Bertz CT molecular complexity index is 543. The molecule has 6 heteroatoms. The van der Waals surface area contributed by atoms with E-state index in [1.54, 1.807) is 12.3 Å². The SMILES string of the molecule is CCn1cc(S(=O)(=O)NC2CCCCCC2)cc1CNC. The van der Waals surface area contributed by atoms with Gasteiger partial charge in [0.2, 0.25) is 10.0 Å². The molecule has 0 bridgehead atoms. The van der Waals surface area contributed by atoms with Crippen molar-refractivity contribution in [3.8, 4) is 0 Å². The van der Waals surface area contributed by atoms with Crippen molar-refractivity contribution >= 4 is 10.0 Å².